The number of tetrazole rings is 1. The van der Waals surface area contributed by atoms with Crippen molar-refractivity contribution >= 4 is 11.6 Å². The van der Waals surface area contributed by atoms with Gasteiger partial charge in [-0.15, -0.1) is 10.2 Å². The van der Waals surface area contributed by atoms with Crippen LogP contribution in [0, 0.1) is 0 Å². The van der Waals surface area contributed by atoms with Crippen LogP contribution < -0.4 is 4.90 Å². The number of rotatable bonds is 4. The summed E-state index contributed by atoms with van der Waals surface area (Å²) in [5.41, 5.74) is 3.13. The molecule has 1 amide bonds. The Kier molecular flexibility index (Phi) is 4.48. The number of carbonyl (C=O) groups excluding carboxylic acids is 1. The first-order chi connectivity index (χ1) is 12.3. The zero-order chi connectivity index (χ0) is 17.2. The van der Waals surface area contributed by atoms with Crippen molar-refractivity contribution in [2.24, 2.45) is 0 Å². The molecule has 2 aromatic rings. The standard InChI is InChI=1S/C18H24N6O/c1-2-10-23-11-4-3-7-16(23)18(25)24-12-9-13-14(6-5-8-15(13)24)17-19-21-22-20-17/h5-6,8,16H,2-4,7,9-12H2,1H3,(H,19,20,21,22). The molecule has 25 heavy (non-hydrogen) atoms. The smallest absolute Gasteiger partial charge is 0.244 e. The lowest BCUT2D eigenvalue weighted by Gasteiger charge is -2.36. The van der Waals surface area contributed by atoms with Crippen molar-refractivity contribution in [3.8, 4) is 11.4 Å². The number of nitrogens with one attached hydrogen (secondary N) is 1. The maximum Gasteiger partial charge on any atom is 0.244 e. The summed E-state index contributed by atoms with van der Waals surface area (Å²) >= 11 is 0. The molecule has 0 saturated carbocycles. The number of amides is 1. The molecule has 2 aliphatic rings. The third-order valence-electron chi connectivity index (χ3n) is 5.29. The van der Waals surface area contributed by atoms with Gasteiger partial charge in [0, 0.05) is 17.8 Å². The highest BCUT2D eigenvalue weighted by atomic mass is 16.2. The summed E-state index contributed by atoms with van der Waals surface area (Å²) in [6.07, 6.45) is 5.23. The average Bonchev–Trinajstić information content (AvgIpc) is 3.31. The van der Waals surface area contributed by atoms with Crippen LogP contribution in [-0.4, -0.2) is 57.1 Å². The number of likely N-dealkylation sites (tertiary alicyclic amines) is 1. The normalized spacial score (nSPS) is 20.7. The fourth-order valence-electron chi connectivity index (χ4n) is 4.15. The molecule has 1 N–H and O–H groups in total. The van der Waals surface area contributed by atoms with E-state index in [0.29, 0.717) is 5.82 Å². The van der Waals surface area contributed by atoms with E-state index in [2.05, 4.69) is 32.4 Å². The highest BCUT2D eigenvalue weighted by Gasteiger charge is 2.35. The summed E-state index contributed by atoms with van der Waals surface area (Å²) in [6.45, 7) is 4.95. The second-order valence-electron chi connectivity index (χ2n) is 6.83. The third-order valence-corrected chi connectivity index (χ3v) is 5.29. The van der Waals surface area contributed by atoms with Crippen LogP contribution in [0.1, 0.15) is 38.2 Å². The maximum absolute atomic E-state index is 13.3. The molecule has 1 aromatic heterocycles. The van der Waals surface area contributed by atoms with Crippen molar-refractivity contribution in [2.45, 2.75) is 45.1 Å². The Morgan fingerprint density at radius 3 is 3.04 bits per heavy atom. The summed E-state index contributed by atoms with van der Waals surface area (Å²) in [5, 5.41) is 14.4. The highest BCUT2D eigenvalue weighted by Crippen LogP contribution is 2.36. The fraction of sp³-hybridized carbons (Fsp3) is 0.556. The van der Waals surface area contributed by atoms with Gasteiger partial charge in [-0.1, -0.05) is 25.5 Å². The number of hydrogen-bond acceptors (Lipinski definition) is 5. The van der Waals surface area contributed by atoms with Gasteiger partial charge in [-0.25, -0.2) is 0 Å². The Labute approximate surface area is 147 Å². The van der Waals surface area contributed by atoms with Crippen molar-refractivity contribution in [2.75, 3.05) is 24.5 Å². The average molecular weight is 340 g/mol. The predicted octanol–water partition coefficient (Wildman–Crippen LogP) is 2.02. The monoisotopic (exact) mass is 340 g/mol. The van der Waals surface area contributed by atoms with Gasteiger partial charge in [0.2, 0.25) is 11.7 Å². The summed E-state index contributed by atoms with van der Waals surface area (Å²) in [7, 11) is 0. The number of benzene rings is 1. The molecule has 4 rings (SSSR count). The number of aromatic amines is 1. The lowest BCUT2D eigenvalue weighted by molar-refractivity contribution is -0.124. The van der Waals surface area contributed by atoms with Crippen LogP contribution in [0.2, 0.25) is 0 Å². The van der Waals surface area contributed by atoms with Crippen molar-refractivity contribution in [1.82, 2.24) is 25.5 Å². The van der Waals surface area contributed by atoms with Crippen LogP contribution in [0.5, 0.6) is 0 Å². The molecule has 0 aliphatic carbocycles. The topological polar surface area (TPSA) is 78.0 Å². The SMILES string of the molecule is CCCN1CCCCC1C(=O)N1CCc2c(-c3nn[nH]n3)cccc21. The number of nitrogens with zero attached hydrogens (tertiary/aromatic N) is 5. The minimum Gasteiger partial charge on any atom is -0.310 e. The quantitative estimate of drug-likeness (QED) is 0.921. The van der Waals surface area contributed by atoms with Gasteiger partial charge in [0.05, 0.1) is 6.04 Å². The van der Waals surface area contributed by atoms with Crippen molar-refractivity contribution in [3.63, 3.8) is 0 Å². The molecule has 7 heteroatoms. The Bertz CT molecular complexity index is 742. The molecule has 0 spiro atoms. The summed E-state index contributed by atoms with van der Waals surface area (Å²) in [5.74, 6) is 0.841. The number of fused-ring (bicyclic) bond motifs is 1. The first-order valence-corrected chi connectivity index (χ1v) is 9.20. The lowest BCUT2D eigenvalue weighted by atomic mass is 10.00. The van der Waals surface area contributed by atoms with Crippen LogP contribution >= 0.6 is 0 Å². The highest BCUT2D eigenvalue weighted by molar-refractivity contribution is 6.00. The summed E-state index contributed by atoms with van der Waals surface area (Å²) in [4.78, 5) is 17.6. The van der Waals surface area contributed by atoms with Gasteiger partial charge in [0.25, 0.3) is 0 Å². The first kappa shape index (κ1) is 16.2. The molecule has 1 unspecified atom stereocenters. The Morgan fingerprint density at radius 1 is 1.32 bits per heavy atom. The van der Waals surface area contributed by atoms with Gasteiger partial charge >= 0.3 is 0 Å². The molecule has 0 bridgehead atoms. The van der Waals surface area contributed by atoms with Gasteiger partial charge in [-0.05, 0) is 55.6 Å². The Balaban J connectivity index is 1.62. The van der Waals surface area contributed by atoms with E-state index in [0.717, 1.165) is 62.1 Å². The second-order valence-corrected chi connectivity index (χ2v) is 6.83. The summed E-state index contributed by atoms with van der Waals surface area (Å²) < 4.78 is 0. The molecule has 1 atom stereocenters. The molecule has 1 saturated heterocycles. The van der Waals surface area contributed by atoms with Crippen LogP contribution in [0.4, 0.5) is 5.69 Å². The van der Waals surface area contributed by atoms with E-state index in [1.165, 1.54) is 6.42 Å². The number of carbonyl (C=O) groups is 1. The molecule has 0 radical (unpaired) electrons. The molecule has 2 aliphatic heterocycles. The first-order valence-electron chi connectivity index (χ1n) is 9.20. The van der Waals surface area contributed by atoms with E-state index in [9.17, 15) is 4.79 Å². The predicted molar refractivity (Wildman–Crippen MR) is 95.2 cm³/mol. The molecular weight excluding hydrogens is 316 g/mol. The van der Waals surface area contributed by atoms with E-state index in [4.69, 9.17) is 0 Å². The van der Waals surface area contributed by atoms with Gasteiger partial charge < -0.3 is 4.90 Å². The van der Waals surface area contributed by atoms with Gasteiger partial charge in [0.15, 0.2) is 0 Å². The van der Waals surface area contributed by atoms with Crippen molar-refractivity contribution < 1.29 is 4.79 Å². The van der Waals surface area contributed by atoms with E-state index in [1.807, 2.05) is 23.1 Å². The van der Waals surface area contributed by atoms with Gasteiger partial charge in [-0.2, -0.15) is 5.21 Å². The molecule has 132 valence electrons. The Morgan fingerprint density at radius 2 is 2.24 bits per heavy atom. The number of H-pyrrole nitrogens is 1. The summed E-state index contributed by atoms with van der Waals surface area (Å²) in [6, 6.07) is 6.03. The number of piperidine rings is 1. The van der Waals surface area contributed by atoms with Crippen LogP contribution in [0.25, 0.3) is 11.4 Å². The second kappa shape index (κ2) is 6.92. The zero-order valence-electron chi connectivity index (χ0n) is 14.6. The van der Waals surface area contributed by atoms with E-state index in [-0.39, 0.29) is 11.9 Å². The van der Waals surface area contributed by atoms with Crippen LogP contribution in [0.3, 0.4) is 0 Å². The van der Waals surface area contributed by atoms with E-state index >= 15 is 0 Å². The van der Waals surface area contributed by atoms with E-state index in [1.54, 1.807) is 0 Å². The zero-order valence-corrected chi connectivity index (χ0v) is 14.6. The molecule has 7 nitrogen and oxygen atoms in total. The lowest BCUT2D eigenvalue weighted by Crippen LogP contribution is -2.50. The maximum atomic E-state index is 13.3. The minimum absolute atomic E-state index is 0.0217. The van der Waals surface area contributed by atoms with Crippen LogP contribution in [0.15, 0.2) is 18.2 Å². The van der Waals surface area contributed by atoms with Crippen molar-refractivity contribution in [3.05, 3.63) is 23.8 Å². The number of anilines is 1. The number of aromatic nitrogens is 4. The molecular formula is C18H24N6O. The number of hydrogen-bond donors (Lipinski definition) is 1. The molecule has 3 heterocycles. The molecule has 1 aromatic carbocycles. The molecule has 1 fully saturated rings. The van der Waals surface area contributed by atoms with Gasteiger partial charge in [0.1, 0.15) is 0 Å². The minimum atomic E-state index is 0.0217. The van der Waals surface area contributed by atoms with Gasteiger partial charge in [-0.3, -0.25) is 9.69 Å². The van der Waals surface area contributed by atoms with E-state index < -0.39 is 0 Å². The van der Waals surface area contributed by atoms with Crippen molar-refractivity contribution in [1.29, 1.82) is 0 Å². The Hall–Kier alpha value is -2.28. The fourth-order valence-corrected chi connectivity index (χ4v) is 4.15. The third kappa shape index (κ3) is 2.93. The largest absolute Gasteiger partial charge is 0.310 e. The van der Waals surface area contributed by atoms with Crippen LogP contribution in [-0.2, 0) is 11.2 Å².